The number of aliphatic carboxylic acids is 2. The minimum Gasteiger partial charge on any atom is -0.480 e. The number of carboxylic acids is 2. The highest BCUT2D eigenvalue weighted by molar-refractivity contribution is 7.94. The van der Waals surface area contributed by atoms with Crippen LogP contribution in [-0.4, -0.2) is 41.1 Å². The predicted molar refractivity (Wildman–Crippen MR) is 41.0 cm³/mol. The molecule has 0 aromatic carbocycles. The Hall–Kier alpha value is -1.11. The molecule has 0 unspecified atom stereocenters. The van der Waals surface area contributed by atoms with Crippen molar-refractivity contribution < 1.29 is 28.2 Å². The highest BCUT2D eigenvalue weighted by atomic mass is 32.2. The lowest BCUT2D eigenvalue weighted by Crippen LogP contribution is -2.33. The molecule has 1 saturated heterocycles. The van der Waals surface area contributed by atoms with Gasteiger partial charge in [0.1, 0.15) is 0 Å². The standard InChI is InChI=1S/C6H8O6S/c7-5(8)3-1-2-4(6(9)10)13(3,11)12/h3-4H,1-2H2,(H,7,8)(H,9,10)/t3-,4+. The van der Waals surface area contributed by atoms with Crippen LogP contribution in [0.3, 0.4) is 0 Å². The van der Waals surface area contributed by atoms with Crippen LogP contribution in [0, 0.1) is 0 Å². The Morgan fingerprint density at radius 2 is 1.31 bits per heavy atom. The van der Waals surface area contributed by atoms with E-state index in [4.69, 9.17) is 10.2 Å². The molecule has 74 valence electrons. The smallest absolute Gasteiger partial charge is 0.321 e. The van der Waals surface area contributed by atoms with Crippen LogP contribution < -0.4 is 0 Å². The maximum Gasteiger partial charge on any atom is 0.321 e. The SMILES string of the molecule is O=C(O)[C@H]1CC[C@@H](C(=O)O)S1(=O)=O. The molecule has 0 amide bonds. The van der Waals surface area contributed by atoms with E-state index < -0.39 is 32.3 Å². The molecule has 0 aliphatic carbocycles. The van der Waals surface area contributed by atoms with Crippen LogP contribution in [0.4, 0.5) is 0 Å². The summed E-state index contributed by atoms with van der Waals surface area (Å²) in [5, 5.41) is 13.9. The molecule has 2 atom stereocenters. The molecule has 1 fully saturated rings. The van der Waals surface area contributed by atoms with Crippen molar-refractivity contribution in [1.29, 1.82) is 0 Å². The number of hydrogen-bond donors (Lipinski definition) is 2. The summed E-state index contributed by atoms with van der Waals surface area (Å²) in [6.07, 6.45) is -0.233. The van der Waals surface area contributed by atoms with Gasteiger partial charge in [-0.15, -0.1) is 0 Å². The molecule has 13 heavy (non-hydrogen) atoms. The Balaban J connectivity index is 3.03. The molecule has 0 spiro atoms. The molecule has 7 heteroatoms. The molecule has 0 aromatic rings. The summed E-state index contributed by atoms with van der Waals surface area (Å²) in [5.74, 6) is -2.94. The maximum atomic E-state index is 11.2. The van der Waals surface area contributed by atoms with E-state index in [0.717, 1.165) is 0 Å². The Morgan fingerprint density at radius 3 is 1.46 bits per heavy atom. The second-order valence-electron chi connectivity index (χ2n) is 2.82. The van der Waals surface area contributed by atoms with Gasteiger partial charge in [-0.3, -0.25) is 9.59 Å². The number of carbonyl (C=O) groups is 2. The summed E-state index contributed by atoms with van der Waals surface area (Å²) in [7, 11) is -4.03. The number of sulfone groups is 1. The zero-order valence-corrected chi connectivity index (χ0v) is 7.32. The Bertz CT molecular complexity index is 314. The van der Waals surface area contributed by atoms with E-state index in [2.05, 4.69) is 0 Å². The second kappa shape index (κ2) is 2.99. The van der Waals surface area contributed by atoms with E-state index in [1.165, 1.54) is 0 Å². The monoisotopic (exact) mass is 208 g/mol. The van der Waals surface area contributed by atoms with Gasteiger partial charge in [0.05, 0.1) is 0 Å². The van der Waals surface area contributed by atoms with Gasteiger partial charge in [-0.05, 0) is 12.8 Å². The molecule has 1 rings (SSSR count). The van der Waals surface area contributed by atoms with Crippen LogP contribution in [0.1, 0.15) is 12.8 Å². The predicted octanol–water partition coefficient (Wildman–Crippen LogP) is -0.899. The van der Waals surface area contributed by atoms with Crippen LogP contribution in [0.5, 0.6) is 0 Å². The number of hydrogen-bond acceptors (Lipinski definition) is 4. The first kappa shape index (κ1) is 9.97. The first-order chi connectivity index (χ1) is 5.87. The highest BCUT2D eigenvalue weighted by Gasteiger charge is 2.48. The van der Waals surface area contributed by atoms with Crippen LogP contribution >= 0.6 is 0 Å². The first-order valence-electron chi connectivity index (χ1n) is 3.55. The Kier molecular flexibility index (Phi) is 2.29. The zero-order chi connectivity index (χ0) is 10.2. The minimum atomic E-state index is -4.03. The number of carboxylic acid groups (broad SMARTS) is 2. The third-order valence-electron chi connectivity index (χ3n) is 2.04. The van der Waals surface area contributed by atoms with Gasteiger partial charge < -0.3 is 10.2 Å². The van der Waals surface area contributed by atoms with Crippen molar-refractivity contribution >= 4 is 21.8 Å². The van der Waals surface area contributed by atoms with Crippen LogP contribution in [0.15, 0.2) is 0 Å². The lowest BCUT2D eigenvalue weighted by atomic mass is 10.2. The quantitative estimate of drug-likeness (QED) is 0.608. The van der Waals surface area contributed by atoms with Crippen molar-refractivity contribution in [2.45, 2.75) is 23.3 Å². The lowest BCUT2D eigenvalue weighted by Gasteiger charge is -2.05. The normalized spacial score (nSPS) is 31.4. The molecule has 1 heterocycles. The topological polar surface area (TPSA) is 109 Å². The van der Waals surface area contributed by atoms with Crippen molar-refractivity contribution in [2.75, 3.05) is 0 Å². The Labute approximate surface area is 74.1 Å². The summed E-state index contributed by atoms with van der Waals surface area (Å²) in [4.78, 5) is 20.8. The molecule has 6 nitrogen and oxygen atoms in total. The van der Waals surface area contributed by atoms with E-state index in [-0.39, 0.29) is 12.8 Å². The summed E-state index contributed by atoms with van der Waals surface area (Å²) in [5.41, 5.74) is 0. The molecule has 0 aromatic heterocycles. The molecule has 0 radical (unpaired) electrons. The van der Waals surface area contributed by atoms with Gasteiger partial charge in [-0.25, -0.2) is 8.42 Å². The lowest BCUT2D eigenvalue weighted by molar-refractivity contribution is -0.137. The zero-order valence-electron chi connectivity index (χ0n) is 6.50. The third-order valence-corrected chi connectivity index (χ3v) is 4.50. The highest BCUT2D eigenvalue weighted by Crippen LogP contribution is 2.27. The Morgan fingerprint density at radius 1 is 1.00 bits per heavy atom. The molecule has 0 bridgehead atoms. The van der Waals surface area contributed by atoms with E-state index in [9.17, 15) is 18.0 Å². The molecular formula is C6H8O6S. The molecular weight excluding hydrogens is 200 g/mol. The second-order valence-corrected chi connectivity index (χ2v) is 5.14. The van der Waals surface area contributed by atoms with Crippen molar-refractivity contribution in [3.05, 3.63) is 0 Å². The van der Waals surface area contributed by atoms with Crippen molar-refractivity contribution in [3.63, 3.8) is 0 Å². The van der Waals surface area contributed by atoms with Crippen molar-refractivity contribution in [3.8, 4) is 0 Å². The molecule has 0 saturated carbocycles. The van der Waals surface area contributed by atoms with Crippen molar-refractivity contribution in [2.24, 2.45) is 0 Å². The van der Waals surface area contributed by atoms with E-state index in [1.807, 2.05) is 0 Å². The fourth-order valence-corrected chi connectivity index (χ4v) is 3.25. The van der Waals surface area contributed by atoms with E-state index in [0.29, 0.717) is 0 Å². The van der Waals surface area contributed by atoms with Gasteiger partial charge in [0.15, 0.2) is 20.3 Å². The minimum absolute atomic E-state index is 0.116. The van der Waals surface area contributed by atoms with Crippen molar-refractivity contribution in [1.82, 2.24) is 0 Å². The molecule has 1 aliphatic rings. The van der Waals surface area contributed by atoms with Gasteiger partial charge in [-0.1, -0.05) is 0 Å². The summed E-state index contributed by atoms with van der Waals surface area (Å²) in [6, 6.07) is 0. The van der Waals surface area contributed by atoms with Gasteiger partial charge in [-0.2, -0.15) is 0 Å². The van der Waals surface area contributed by atoms with Gasteiger partial charge >= 0.3 is 11.9 Å². The van der Waals surface area contributed by atoms with E-state index in [1.54, 1.807) is 0 Å². The average molecular weight is 208 g/mol. The number of rotatable bonds is 2. The van der Waals surface area contributed by atoms with E-state index >= 15 is 0 Å². The molecule has 1 aliphatic heterocycles. The van der Waals surface area contributed by atoms with Gasteiger partial charge in [0.25, 0.3) is 0 Å². The van der Waals surface area contributed by atoms with Gasteiger partial charge in [0, 0.05) is 0 Å². The fourth-order valence-electron chi connectivity index (χ4n) is 1.36. The van der Waals surface area contributed by atoms with Crippen LogP contribution in [0.25, 0.3) is 0 Å². The summed E-state index contributed by atoms with van der Waals surface area (Å²) < 4.78 is 22.4. The molecule has 2 N–H and O–H groups in total. The summed E-state index contributed by atoms with van der Waals surface area (Å²) in [6.45, 7) is 0. The van der Waals surface area contributed by atoms with Crippen LogP contribution in [0.2, 0.25) is 0 Å². The summed E-state index contributed by atoms with van der Waals surface area (Å²) >= 11 is 0. The third kappa shape index (κ3) is 1.51. The van der Waals surface area contributed by atoms with Crippen LogP contribution in [-0.2, 0) is 19.4 Å². The average Bonchev–Trinajstić information content (AvgIpc) is 2.24. The largest absolute Gasteiger partial charge is 0.480 e. The maximum absolute atomic E-state index is 11.2. The first-order valence-corrected chi connectivity index (χ1v) is 5.16. The van der Waals surface area contributed by atoms with Gasteiger partial charge in [0.2, 0.25) is 0 Å². The fraction of sp³-hybridized carbons (Fsp3) is 0.667.